The molecule has 0 spiro atoms. The number of aromatic nitrogens is 1. The number of hydrogen-bond acceptors (Lipinski definition) is 4. The third kappa shape index (κ3) is 2.43. The van der Waals surface area contributed by atoms with Crippen LogP contribution in [0.1, 0.15) is 6.92 Å². The van der Waals surface area contributed by atoms with Crippen molar-refractivity contribution in [1.29, 1.82) is 0 Å². The van der Waals surface area contributed by atoms with E-state index in [1.807, 2.05) is 0 Å². The minimum Gasteiger partial charge on any atom is -0.373 e. The van der Waals surface area contributed by atoms with E-state index >= 15 is 0 Å². The Kier molecular flexibility index (Phi) is 3.43. The molecular weight excluding hydrogens is 202 g/mol. The first-order valence-electron chi connectivity index (χ1n) is 4.23. The van der Waals surface area contributed by atoms with Crippen molar-refractivity contribution in [3.05, 3.63) is 18.3 Å². The van der Waals surface area contributed by atoms with Gasteiger partial charge in [-0.2, -0.15) is 0 Å². The molecule has 0 fully saturated rings. The highest BCUT2D eigenvalue weighted by Gasteiger charge is 2.12. The zero-order valence-corrected chi connectivity index (χ0v) is 8.93. The van der Waals surface area contributed by atoms with Gasteiger partial charge < -0.3 is 5.32 Å². The van der Waals surface area contributed by atoms with Crippen LogP contribution < -0.4 is 10.0 Å². The Hall–Kier alpha value is -1.14. The maximum Gasteiger partial charge on any atom is 0.240 e. The summed E-state index contributed by atoms with van der Waals surface area (Å²) in [5.41, 5.74) is 0. The summed E-state index contributed by atoms with van der Waals surface area (Å²) in [6, 6.07) is 2.94. The first-order chi connectivity index (χ1) is 6.60. The number of pyridine rings is 1. The van der Waals surface area contributed by atoms with Gasteiger partial charge in [0.25, 0.3) is 0 Å². The van der Waals surface area contributed by atoms with E-state index < -0.39 is 10.0 Å². The normalized spacial score (nSPS) is 11.3. The Bertz CT molecular complexity index is 403. The molecule has 0 bridgehead atoms. The Morgan fingerprint density at radius 3 is 2.79 bits per heavy atom. The van der Waals surface area contributed by atoms with Gasteiger partial charge in [-0.3, -0.25) is 0 Å². The van der Waals surface area contributed by atoms with Crippen molar-refractivity contribution in [2.45, 2.75) is 11.8 Å². The molecule has 0 aliphatic heterocycles. The van der Waals surface area contributed by atoms with Gasteiger partial charge in [0.2, 0.25) is 10.0 Å². The summed E-state index contributed by atoms with van der Waals surface area (Å²) in [4.78, 5) is 4.15. The molecule has 6 heteroatoms. The summed E-state index contributed by atoms with van der Waals surface area (Å²) in [6.07, 6.45) is 1.45. The number of sulfonamides is 1. The molecule has 0 radical (unpaired) electrons. The lowest BCUT2D eigenvalue weighted by molar-refractivity contribution is 0.584. The van der Waals surface area contributed by atoms with Crippen LogP contribution in [0.4, 0.5) is 5.82 Å². The highest BCUT2D eigenvalue weighted by atomic mass is 32.2. The van der Waals surface area contributed by atoms with Gasteiger partial charge >= 0.3 is 0 Å². The number of hydrogen-bond donors (Lipinski definition) is 2. The van der Waals surface area contributed by atoms with Gasteiger partial charge in [-0.15, -0.1) is 0 Å². The number of rotatable bonds is 4. The van der Waals surface area contributed by atoms with E-state index in [0.29, 0.717) is 12.4 Å². The fourth-order valence-corrected chi connectivity index (χ4v) is 2.04. The summed E-state index contributed by atoms with van der Waals surface area (Å²) >= 11 is 0. The van der Waals surface area contributed by atoms with Crippen molar-refractivity contribution in [1.82, 2.24) is 9.71 Å². The molecule has 0 atom stereocenters. The molecule has 5 nitrogen and oxygen atoms in total. The average molecular weight is 215 g/mol. The second-order valence-electron chi connectivity index (χ2n) is 2.63. The van der Waals surface area contributed by atoms with Crippen molar-refractivity contribution in [3.8, 4) is 0 Å². The van der Waals surface area contributed by atoms with Gasteiger partial charge in [0, 0.05) is 25.9 Å². The van der Waals surface area contributed by atoms with Crippen molar-refractivity contribution in [2.75, 3.05) is 18.9 Å². The Labute approximate surface area is 83.6 Å². The van der Waals surface area contributed by atoms with E-state index in [1.165, 1.54) is 18.3 Å². The van der Waals surface area contributed by atoms with Crippen LogP contribution in [0.2, 0.25) is 0 Å². The van der Waals surface area contributed by atoms with E-state index in [9.17, 15) is 8.42 Å². The average Bonchev–Trinajstić information content (AvgIpc) is 2.18. The largest absolute Gasteiger partial charge is 0.373 e. The second kappa shape index (κ2) is 4.39. The van der Waals surface area contributed by atoms with Crippen LogP contribution in [0.25, 0.3) is 0 Å². The van der Waals surface area contributed by atoms with Gasteiger partial charge in [-0.05, 0) is 6.07 Å². The molecule has 0 amide bonds. The van der Waals surface area contributed by atoms with Crippen molar-refractivity contribution in [2.24, 2.45) is 0 Å². The Balaban J connectivity index is 3.07. The van der Waals surface area contributed by atoms with Gasteiger partial charge in [0.1, 0.15) is 5.82 Å². The van der Waals surface area contributed by atoms with Crippen LogP contribution in [0.5, 0.6) is 0 Å². The van der Waals surface area contributed by atoms with Crippen LogP contribution in [0.15, 0.2) is 23.2 Å². The predicted octanol–water partition coefficient (Wildman–Crippen LogP) is 0.421. The fraction of sp³-hybridized carbons (Fsp3) is 0.375. The molecule has 0 unspecified atom stereocenters. The lowest BCUT2D eigenvalue weighted by Gasteiger charge is -2.05. The van der Waals surface area contributed by atoms with E-state index in [1.54, 1.807) is 14.0 Å². The van der Waals surface area contributed by atoms with E-state index in [-0.39, 0.29) is 4.90 Å². The molecule has 0 aliphatic carbocycles. The second-order valence-corrected chi connectivity index (χ2v) is 4.40. The van der Waals surface area contributed by atoms with Crippen LogP contribution in [-0.2, 0) is 10.0 Å². The highest BCUT2D eigenvalue weighted by molar-refractivity contribution is 7.89. The summed E-state index contributed by atoms with van der Waals surface area (Å²) in [5.74, 6) is 0.531. The zero-order valence-electron chi connectivity index (χ0n) is 8.11. The van der Waals surface area contributed by atoms with Crippen molar-refractivity contribution < 1.29 is 8.42 Å². The maximum absolute atomic E-state index is 11.5. The SMILES string of the molecule is CCNS(=O)(=O)c1ccnc(NC)c1. The quantitative estimate of drug-likeness (QED) is 0.763. The molecule has 0 aliphatic rings. The van der Waals surface area contributed by atoms with E-state index in [0.717, 1.165) is 0 Å². The topological polar surface area (TPSA) is 71.1 Å². The molecule has 0 saturated heterocycles. The molecule has 1 heterocycles. The van der Waals surface area contributed by atoms with E-state index in [4.69, 9.17) is 0 Å². The summed E-state index contributed by atoms with van der Waals surface area (Å²) in [6.45, 7) is 2.11. The predicted molar refractivity (Wildman–Crippen MR) is 54.6 cm³/mol. The highest BCUT2D eigenvalue weighted by Crippen LogP contribution is 2.11. The first kappa shape index (κ1) is 10.9. The van der Waals surface area contributed by atoms with Crippen LogP contribution in [0.3, 0.4) is 0 Å². The Morgan fingerprint density at radius 2 is 2.21 bits per heavy atom. The van der Waals surface area contributed by atoms with Gasteiger partial charge in [0.15, 0.2) is 0 Å². The maximum atomic E-state index is 11.5. The zero-order chi connectivity index (χ0) is 10.6. The Morgan fingerprint density at radius 1 is 1.50 bits per heavy atom. The molecule has 1 rings (SSSR count). The minimum absolute atomic E-state index is 0.221. The van der Waals surface area contributed by atoms with Gasteiger partial charge in [0.05, 0.1) is 4.90 Å². The third-order valence-electron chi connectivity index (χ3n) is 1.63. The third-order valence-corrected chi connectivity index (χ3v) is 3.18. The lowest BCUT2D eigenvalue weighted by Crippen LogP contribution is -2.23. The van der Waals surface area contributed by atoms with Crippen LogP contribution >= 0.6 is 0 Å². The molecule has 14 heavy (non-hydrogen) atoms. The summed E-state index contributed by atoms with van der Waals surface area (Å²) < 4.78 is 25.5. The summed E-state index contributed by atoms with van der Waals surface area (Å²) in [5, 5.41) is 2.78. The monoisotopic (exact) mass is 215 g/mol. The smallest absolute Gasteiger partial charge is 0.240 e. The van der Waals surface area contributed by atoms with Gasteiger partial charge in [-0.1, -0.05) is 6.92 Å². The van der Waals surface area contributed by atoms with Crippen LogP contribution in [-0.4, -0.2) is 27.0 Å². The van der Waals surface area contributed by atoms with Crippen molar-refractivity contribution in [3.63, 3.8) is 0 Å². The molecule has 0 aromatic carbocycles. The molecule has 0 saturated carbocycles. The fourth-order valence-electron chi connectivity index (χ4n) is 0.988. The molecule has 1 aromatic rings. The summed E-state index contributed by atoms with van der Waals surface area (Å²) in [7, 11) is -1.69. The van der Waals surface area contributed by atoms with E-state index in [2.05, 4.69) is 15.0 Å². The number of nitrogens with zero attached hydrogens (tertiary/aromatic N) is 1. The lowest BCUT2D eigenvalue weighted by atomic mass is 10.5. The first-order valence-corrected chi connectivity index (χ1v) is 5.72. The van der Waals surface area contributed by atoms with Crippen molar-refractivity contribution >= 4 is 15.8 Å². The molecule has 2 N–H and O–H groups in total. The molecule has 78 valence electrons. The number of anilines is 1. The molecule has 1 aromatic heterocycles. The molecular formula is C8H13N3O2S. The van der Waals surface area contributed by atoms with Gasteiger partial charge in [-0.25, -0.2) is 18.1 Å². The van der Waals surface area contributed by atoms with Crippen LogP contribution in [0, 0.1) is 0 Å². The number of nitrogens with one attached hydrogen (secondary N) is 2. The minimum atomic E-state index is -3.37. The standard InChI is InChI=1S/C8H13N3O2S/c1-3-11-14(12,13)7-4-5-10-8(6-7)9-2/h4-6,11H,3H2,1-2H3,(H,9,10).